The third-order valence-corrected chi connectivity index (χ3v) is 4.92. The molecule has 116 valence electrons. The summed E-state index contributed by atoms with van der Waals surface area (Å²) in [5.74, 6) is 2.40. The van der Waals surface area contributed by atoms with Crippen LogP contribution in [0.3, 0.4) is 0 Å². The second-order valence-electron chi connectivity index (χ2n) is 6.43. The molecular formula is C17H18N6. The molecule has 5 rings (SSSR count). The third kappa shape index (κ3) is 2.26. The van der Waals surface area contributed by atoms with Gasteiger partial charge in [-0.1, -0.05) is 6.07 Å². The Morgan fingerprint density at radius 2 is 2.22 bits per heavy atom. The molecule has 0 saturated carbocycles. The Morgan fingerprint density at radius 1 is 1.22 bits per heavy atom. The van der Waals surface area contributed by atoms with Crippen LogP contribution in [0.1, 0.15) is 11.1 Å². The summed E-state index contributed by atoms with van der Waals surface area (Å²) < 4.78 is 0. The molecule has 3 aliphatic rings. The Balaban J connectivity index is 1.37. The van der Waals surface area contributed by atoms with Crippen molar-refractivity contribution in [2.45, 2.75) is 12.6 Å². The number of rotatable bonds is 3. The molecule has 0 spiro atoms. The number of nitrogens with zero attached hydrogens (tertiary/aromatic N) is 4. The van der Waals surface area contributed by atoms with Gasteiger partial charge >= 0.3 is 0 Å². The van der Waals surface area contributed by atoms with E-state index < -0.39 is 0 Å². The third-order valence-electron chi connectivity index (χ3n) is 4.92. The highest BCUT2D eigenvalue weighted by Gasteiger charge is 2.39. The van der Waals surface area contributed by atoms with Crippen molar-refractivity contribution in [3.63, 3.8) is 0 Å². The summed E-state index contributed by atoms with van der Waals surface area (Å²) in [6.07, 6.45) is 3.76. The van der Waals surface area contributed by atoms with Gasteiger partial charge in [-0.25, -0.2) is 4.98 Å². The van der Waals surface area contributed by atoms with Gasteiger partial charge in [0, 0.05) is 49.7 Å². The number of nitrogens with one attached hydrogen (secondary N) is 2. The van der Waals surface area contributed by atoms with Gasteiger partial charge in [0.25, 0.3) is 0 Å². The maximum absolute atomic E-state index is 4.68. The quantitative estimate of drug-likeness (QED) is 0.901. The zero-order chi connectivity index (χ0) is 15.2. The number of aliphatic imine (C=N–C) groups is 1. The van der Waals surface area contributed by atoms with Gasteiger partial charge in [-0.3, -0.25) is 4.99 Å². The van der Waals surface area contributed by atoms with Gasteiger partial charge in [0.1, 0.15) is 5.82 Å². The Hall–Kier alpha value is -2.47. The predicted octanol–water partition coefficient (Wildman–Crippen LogP) is 1.56. The van der Waals surface area contributed by atoms with Crippen molar-refractivity contribution >= 4 is 23.7 Å². The molecule has 3 aliphatic heterocycles. The van der Waals surface area contributed by atoms with Crippen LogP contribution in [0.5, 0.6) is 0 Å². The Bertz CT molecular complexity index is 774. The first-order chi connectivity index (χ1) is 11.3. The molecule has 0 bridgehead atoms. The Kier molecular flexibility index (Phi) is 2.84. The molecule has 4 heterocycles. The van der Waals surface area contributed by atoms with Crippen molar-refractivity contribution in [1.82, 2.24) is 15.3 Å². The maximum atomic E-state index is 4.68. The first-order valence-electron chi connectivity index (χ1n) is 8.06. The summed E-state index contributed by atoms with van der Waals surface area (Å²) in [6.45, 7) is 3.97. The van der Waals surface area contributed by atoms with Gasteiger partial charge < -0.3 is 15.5 Å². The van der Waals surface area contributed by atoms with E-state index in [-0.39, 0.29) is 0 Å². The molecule has 23 heavy (non-hydrogen) atoms. The highest BCUT2D eigenvalue weighted by molar-refractivity contribution is 5.86. The van der Waals surface area contributed by atoms with Gasteiger partial charge in [-0.05, 0) is 29.3 Å². The second-order valence-corrected chi connectivity index (χ2v) is 6.43. The summed E-state index contributed by atoms with van der Waals surface area (Å²) in [4.78, 5) is 15.7. The van der Waals surface area contributed by atoms with E-state index in [4.69, 9.17) is 0 Å². The molecule has 0 amide bonds. The van der Waals surface area contributed by atoms with Crippen molar-refractivity contribution in [2.24, 2.45) is 10.9 Å². The smallest absolute Gasteiger partial charge is 0.227 e. The zero-order valence-corrected chi connectivity index (χ0v) is 12.7. The highest BCUT2D eigenvalue weighted by atomic mass is 15.3. The fourth-order valence-electron chi connectivity index (χ4n) is 3.51. The average molecular weight is 306 g/mol. The van der Waals surface area contributed by atoms with Gasteiger partial charge in [0.2, 0.25) is 5.95 Å². The van der Waals surface area contributed by atoms with E-state index in [1.54, 1.807) is 0 Å². The van der Waals surface area contributed by atoms with Crippen LogP contribution >= 0.6 is 0 Å². The van der Waals surface area contributed by atoms with E-state index in [2.05, 4.69) is 48.7 Å². The van der Waals surface area contributed by atoms with Crippen LogP contribution in [0.2, 0.25) is 0 Å². The minimum absolute atomic E-state index is 0.617. The van der Waals surface area contributed by atoms with E-state index in [9.17, 15) is 0 Å². The lowest BCUT2D eigenvalue weighted by atomic mass is 9.96. The van der Waals surface area contributed by atoms with E-state index in [1.165, 1.54) is 11.1 Å². The fraction of sp³-hybridized carbons (Fsp3) is 0.353. The van der Waals surface area contributed by atoms with Crippen LogP contribution in [0.4, 0.5) is 17.5 Å². The normalized spacial score (nSPS) is 24.3. The van der Waals surface area contributed by atoms with E-state index >= 15 is 0 Å². The Morgan fingerprint density at radius 3 is 3.04 bits per heavy atom. The number of fused-ring (bicyclic) bond motifs is 2. The number of benzene rings is 1. The lowest BCUT2D eigenvalue weighted by molar-refractivity contribution is 0.297. The lowest BCUT2D eigenvalue weighted by Crippen LogP contribution is -2.51. The minimum atomic E-state index is 0.617. The molecule has 2 saturated heterocycles. The first-order valence-corrected chi connectivity index (χ1v) is 8.06. The van der Waals surface area contributed by atoms with Crippen LogP contribution in [0.25, 0.3) is 0 Å². The molecule has 2 fully saturated rings. The summed E-state index contributed by atoms with van der Waals surface area (Å²) >= 11 is 0. The van der Waals surface area contributed by atoms with Crippen LogP contribution in [0, 0.1) is 5.92 Å². The van der Waals surface area contributed by atoms with Gasteiger partial charge in [-0.2, -0.15) is 4.98 Å². The molecule has 0 unspecified atom stereocenters. The van der Waals surface area contributed by atoms with Crippen molar-refractivity contribution < 1.29 is 0 Å². The molecule has 1 aromatic carbocycles. The molecule has 6 heteroatoms. The molecule has 0 radical (unpaired) electrons. The SMILES string of the molecule is C1=NCc2ccc(Nc3ccnc(N4C[C@@H]5CN[C@@H]5C4)n3)cc21. The van der Waals surface area contributed by atoms with E-state index in [1.807, 2.05) is 18.5 Å². The van der Waals surface area contributed by atoms with Crippen LogP contribution in [-0.2, 0) is 6.54 Å². The second kappa shape index (κ2) is 5.03. The van der Waals surface area contributed by atoms with Crippen molar-refractivity contribution in [3.8, 4) is 0 Å². The molecule has 2 N–H and O–H groups in total. The van der Waals surface area contributed by atoms with Crippen LogP contribution < -0.4 is 15.5 Å². The highest BCUT2D eigenvalue weighted by Crippen LogP contribution is 2.27. The van der Waals surface area contributed by atoms with Crippen molar-refractivity contribution in [2.75, 3.05) is 29.9 Å². The van der Waals surface area contributed by atoms with Gasteiger partial charge in [0.15, 0.2) is 0 Å². The average Bonchev–Trinajstić information content (AvgIpc) is 3.12. The summed E-state index contributed by atoms with van der Waals surface area (Å²) in [6, 6.07) is 8.85. The van der Waals surface area contributed by atoms with Gasteiger partial charge in [0.05, 0.1) is 6.54 Å². The molecule has 0 aliphatic carbocycles. The summed E-state index contributed by atoms with van der Waals surface area (Å²) in [7, 11) is 0. The topological polar surface area (TPSA) is 65.4 Å². The number of aromatic nitrogens is 2. The minimum Gasteiger partial charge on any atom is -0.340 e. The van der Waals surface area contributed by atoms with E-state index in [0.717, 1.165) is 49.6 Å². The Labute approximate surface area is 134 Å². The standard InChI is InChI=1S/C17H18N6/c1-2-14(5-12-7-18-6-11(1)12)21-16-3-4-19-17(22-16)23-9-13-8-20-15(13)10-23/h1-5,7,13,15,20H,6,8-10H2,(H,19,21,22)/t13-,15+/m0/s1. The lowest BCUT2D eigenvalue weighted by Gasteiger charge is -2.29. The first kappa shape index (κ1) is 13.0. The molecular weight excluding hydrogens is 288 g/mol. The molecule has 6 nitrogen and oxygen atoms in total. The van der Waals surface area contributed by atoms with Crippen molar-refractivity contribution in [3.05, 3.63) is 41.6 Å². The number of hydrogen-bond donors (Lipinski definition) is 2. The predicted molar refractivity (Wildman–Crippen MR) is 90.5 cm³/mol. The number of hydrogen-bond acceptors (Lipinski definition) is 6. The largest absolute Gasteiger partial charge is 0.340 e. The molecule has 2 atom stereocenters. The van der Waals surface area contributed by atoms with Crippen molar-refractivity contribution in [1.29, 1.82) is 0 Å². The van der Waals surface area contributed by atoms with Gasteiger partial charge in [-0.15, -0.1) is 0 Å². The summed E-state index contributed by atoms with van der Waals surface area (Å²) in [5.41, 5.74) is 3.50. The zero-order valence-electron chi connectivity index (χ0n) is 12.7. The van der Waals surface area contributed by atoms with Crippen LogP contribution in [0.15, 0.2) is 35.5 Å². The number of anilines is 3. The maximum Gasteiger partial charge on any atom is 0.227 e. The van der Waals surface area contributed by atoms with E-state index in [0.29, 0.717) is 6.04 Å². The summed E-state index contributed by atoms with van der Waals surface area (Å²) in [5, 5.41) is 6.84. The molecule has 2 aromatic rings. The monoisotopic (exact) mass is 306 g/mol. The molecule has 1 aromatic heterocycles. The van der Waals surface area contributed by atoms with Crippen LogP contribution in [-0.4, -0.2) is 41.9 Å². The fourth-order valence-corrected chi connectivity index (χ4v) is 3.51.